The highest BCUT2D eigenvalue weighted by Crippen LogP contribution is 1.25. The summed E-state index contributed by atoms with van der Waals surface area (Å²) in [6, 6.07) is -0.833. The molecule has 0 aliphatic heterocycles. The van der Waals surface area contributed by atoms with Crippen LogP contribution in [0.3, 0.4) is 0 Å². The Balaban J connectivity index is -0.00000000993. The third-order valence-electron chi connectivity index (χ3n) is 0. The molecule has 0 heterocycles. The third kappa shape index (κ3) is 387. The fraction of sp³-hybridized carbons (Fsp3) is 0. The molecule has 4 N–H and O–H groups in total. The van der Waals surface area contributed by atoms with Crippen LogP contribution in [-0.4, -0.2) is 6.03 Å². The van der Waals surface area contributed by atoms with E-state index in [0.29, 0.717) is 0 Å². The molecule has 0 aromatic rings. The van der Waals surface area contributed by atoms with Crippen LogP contribution in [0.5, 0.6) is 0 Å². The quantitative estimate of drug-likeness (QED) is 0.571. The predicted octanol–water partition coefficient (Wildman–Crippen LogP) is 5.44. The highest BCUT2D eigenvalue weighted by molar-refractivity contribution is 5.69. The van der Waals surface area contributed by atoms with Gasteiger partial charge in [0.05, 0.1) is 0 Å². The average Bonchev–Trinajstić information content (AvgIpc) is 2.61. The van der Waals surface area contributed by atoms with E-state index in [1.54, 1.807) is 0 Å². The van der Waals surface area contributed by atoms with Gasteiger partial charge in [-0.05, 0) is 0 Å². The van der Waals surface area contributed by atoms with E-state index in [4.69, 9.17) is 4.79 Å². The van der Waals surface area contributed by atoms with Crippen LogP contribution < -0.4 is 11.5 Å². The summed E-state index contributed by atoms with van der Waals surface area (Å²) in [5.41, 5.74) is 8.50. The van der Waals surface area contributed by atoms with E-state index in [-0.39, 0.29) is 0 Å². The number of primary amides is 2. The zero-order valence-electron chi connectivity index (χ0n) is 13.4. The van der Waals surface area contributed by atoms with Gasteiger partial charge in [0.1, 0.15) is 0 Å². The number of rotatable bonds is 0. The van der Waals surface area contributed by atoms with E-state index < -0.39 is 6.03 Å². The maximum Gasteiger partial charge on any atom is 0.309 e. The maximum absolute atomic E-state index is 9.00. The molecule has 20 heavy (non-hydrogen) atoms. The van der Waals surface area contributed by atoms with E-state index in [2.05, 4.69) is 117 Å². The minimum absolute atomic E-state index is 0.833. The first kappa shape index (κ1) is 67.2. The van der Waals surface area contributed by atoms with E-state index >= 15 is 0 Å². The summed E-state index contributed by atoms with van der Waals surface area (Å²) in [5, 5.41) is 0. The standard InChI is InChI=1S/8C2H4.CH4N2O/c8*1-2;2-1(3)4/h8*1-2H2;(H4,2,3,4). The van der Waals surface area contributed by atoms with Crippen molar-refractivity contribution in [2.45, 2.75) is 0 Å². The summed E-state index contributed by atoms with van der Waals surface area (Å²) >= 11 is 0. The highest BCUT2D eigenvalue weighted by Gasteiger charge is 1.60. The molecule has 120 valence electrons. The first-order chi connectivity index (χ1) is 9.73. The molecule has 0 aliphatic carbocycles. The normalized spacial score (nSPS) is 2.80. The lowest BCUT2D eigenvalue weighted by atomic mass is 11.2. The van der Waals surface area contributed by atoms with Crippen LogP contribution >= 0.6 is 0 Å². The minimum Gasteiger partial charge on any atom is -0.352 e. The first-order valence-corrected chi connectivity index (χ1v) is 4.78. The Kier molecular flexibility index (Phi) is 348000. The Bertz CT molecular complexity index is 89.6. The smallest absolute Gasteiger partial charge is 0.309 e. The van der Waals surface area contributed by atoms with Crippen LogP contribution in [-0.2, 0) is 0 Å². The Morgan fingerprint density at radius 1 is 0.400 bits per heavy atom. The molecular weight excluding hydrogens is 248 g/mol. The van der Waals surface area contributed by atoms with Crippen molar-refractivity contribution in [2.75, 3.05) is 0 Å². The fourth-order valence-electron chi connectivity index (χ4n) is 0. The Morgan fingerprint density at radius 3 is 0.400 bits per heavy atom. The van der Waals surface area contributed by atoms with E-state index in [1.165, 1.54) is 0 Å². The summed E-state index contributed by atoms with van der Waals surface area (Å²) < 4.78 is 0. The van der Waals surface area contributed by atoms with Crippen molar-refractivity contribution in [1.29, 1.82) is 0 Å². The van der Waals surface area contributed by atoms with Crippen molar-refractivity contribution in [3.05, 3.63) is 105 Å². The molecule has 0 bridgehead atoms. The van der Waals surface area contributed by atoms with Crippen molar-refractivity contribution in [1.82, 2.24) is 0 Å². The molecule has 0 radical (unpaired) electrons. The monoisotopic (exact) mass is 284 g/mol. The molecule has 0 aliphatic rings. The van der Waals surface area contributed by atoms with Crippen LogP contribution in [0.1, 0.15) is 0 Å². The topological polar surface area (TPSA) is 69.1 Å². The second kappa shape index (κ2) is 103000. The highest BCUT2D eigenvalue weighted by atomic mass is 16.2. The van der Waals surface area contributed by atoms with Gasteiger partial charge in [0.25, 0.3) is 0 Å². The van der Waals surface area contributed by atoms with Gasteiger partial charge in [-0.3, -0.25) is 0 Å². The van der Waals surface area contributed by atoms with Crippen LogP contribution in [0.2, 0.25) is 0 Å². The number of amides is 2. The molecule has 0 aromatic carbocycles. The van der Waals surface area contributed by atoms with E-state index in [9.17, 15) is 0 Å². The minimum atomic E-state index is -0.833. The largest absolute Gasteiger partial charge is 0.352 e. The summed E-state index contributed by atoms with van der Waals surface area (Å²) in [7, 11) is 0. The number of carbonyl (C=O) groups excluding carboxylic acids is 1. The summed E-state index contributed by atoms with van der Waals surface area (Å²) in [5.74, 6) is 0. The van der Waals surface area contributed by atoms with E-state index in [1.807, 2.05) is 0 Å². The van der Waals surface area contributed by atoms with Gasteiger partial charge in [-0.2, -0.15) is 0 Å². The Morgan fingerprint density at radius 2 is 0.400 bits per heavy atom. The molecule has 0 unspecified atom stereocenters. The second-order valence-electron chi connectivity index (χ2n) is 0.402. The van der Waals surface area contributed by atoms with Gasteiger partial charge in [-0.1, -0.05) is 0 Å². The van der Waals surface area contributed by atoms with Gasteiger partial charge < -0.3 is 11.5 Å². The van der Waals surface area contributed by atoms with Crippen molar-refractivity contribution in [2.24, 2.45) is 11.5 Å². The van der Waals surface area contributed by atoms with Crippen molar-refractivity contribution in [3.8, 4) is 0 Å². The zero-order valence-corrected chi connectivity index (χ0v) is 13.4. The molecule has 3 nitrogen and oxygen atoms in total. The zero-order chi connectivity index (χ0) is 19.6. The molecule has 0 aromatic heterocycles. The molecule has 0 saturated heterocycles. The van der Waals surface area contributed by atoms with Crippen LogP contribution in [0.25, 0.3) is 0 Å². The van der Waals surface area contributed by atoms with Gasteiger partial charge >= 0.3 is 6.03 Å². The van der Waals surface area contributed by atoms with Crippen LogP contribution in [0.4, 0.5) is 4.79 Å². The van der Waals surface area contributed by atoms with Crippen molar-refractivity contribution < 1.29 is 4.79 Å². The number of urea groups is 1. The molecule has 0 rings (SSSR count). The average molecular weight is 284 g/mol. The molecular formula is C17H36N2O. The lowest BCUT2D eigenvalue weighted by Crippen LogP contribution is -2.18. The first-order valence-electron chi connectivity index (χ1n) is 4.78. The van der Waals surface area contributed by atoms with Crippen molar-refractivity contribution >= 4 is 6.03 Å². The number of nitrogens with two attached hydrogens (primary N) is 2. The molecule has 0 fully saturated rings. The van der Waals surface area contributed by atoms with Crippen LogP contribution in [0.15, 0.2) is 105 Å². The molecule has 3 heteroatoms. The number of carbonyl (C=O) groups is 1. The molecule has 0 saturated carbocycles. The summed E-state index contributed by atoms with van der Waals surface area (Å²) in [4.78, 5) is 9.00. The van der Waals surface area contributed by atoms with Crippen LogP contribution in [0, 0.1) is 0 Å². The third-order valence-corrected chi connectivity index (χ3v) is 0. The SMILES string of the molecule is C=C.C=C.C=C.C=C.C=C.C=C.C=C.C=C.NC(N)=O. The van der Waals surface area contributed by atoms with Gasteiger partial charge in [0.15, 0.2) is 0 Å². The van der Waals surface area contributed by atoms with Gasteiger partial charge in [0, 0.05) is 0 Å². The summed E-state index contributed by atoms with van der Waals surface area (Å²) in [6.07, 6.45) is 0. The number of hydrogen-bond acceptors (Lipinski definition) is 1. The van der Waals surface area contributed by atoms with Gasteiger partial charge in [-0.25, -0.2) is 4.79 Å². The van der Waals surface area contributed by atoms with E-state index in [0.717, 1.165) is 0 Å². The predicted molar refractivity (Wildman–Crippen MR) is 104 cm³/mol. The van der Waals surface area contributed by atoms with Gasteiger partial charge in [0.2, 0.25) is 0 Å². The fourth-order valence-corrected chi connectivity index (χ4v) is 0. The second-order valence-corrected chi connectivity index (χ2v) is 0.402. The molecule has 2 amide bonds. The summed E-state index contributed by atoms with van der Waals surface area (Å²) in [6.45, 7) is 48.0. The van der Waals surface area contributed by atoms with Gasteiger partial charge in [-0.15, -0.1) is 105 Å². The Labute approximate surface area is 128 Å². The lowest BCUT2D eigenvalue weighted by Gasteiger charge is -1.62. The number of hydrogen-bond donors (Lipinski definition) is 2. The Hall–Kier alpha value is -2.81. The molecule has 0 spiro atoms. The maximum atomic E-state index is 9.00. The van der Waals surface area contributed by atoms with Crippen molar-refractivity contribution in [3.63, 3.8) is 0 Å². The lowest BCUT2D eigenvalue weighted by molar-refractivity contribution is 0.256. The molecule has 0 atom stereocenters.